The molecule has 1 saturated heterocycles. The first-order chi connectivity index (χ1) is 11.9. The van der Waals surface area contributed by atoms with Crippen LogP contribution in [0.15, 0.2) is 29.3 Å². The highest BCUT2D eigenvalue weighted by atomic mass is 32.2. The third-order valence-electron chi connectivity index (χ3n) is 4.21. The maximum absolute atomic E-state index is 12.4. The second kappa shape index (κ2) is 6.88. The Morgan fingerprint density at radius 2 is 1.96 bits per heavy atom. The Balaban J connectivity index is 1.99. The average Bonchev–Trinajstić information content (AvgIpc) is 2.98. The van der Waals surface area contributed by atoms with Crippen molar-refractivity contribution in [3.63, 3.8) is 0 Å². The van der Waals surface area contributed by atoms with Gasteiger partial charge >= 0.3 is 0 Å². The molecule has 0 unspecified atom stereocenters. The maximum Gasteiger partial charge on any atom is 0.293 e. The normalized spacial score (nSPS) is 16.3. The monoisotopic (exact) mass is 355 g/mol. The highest BCUT2D eigenvalue weighted by molar-refractivity contribution is 8.18. The summed E-state index contributed by atoms with van der Waals surface area (Å²) in [5.74, 6) is 0.657. The summed E-state index contributed by atoms with van der Waals surface area (Å²) >= 11 is 1.01. The summed E-state index contributed by atoms with van der Waals surface area (Å²) in [5.41, 5.74) is 4.11. The molecule has 0 spiro atoms. The number of carbonyl (C=O) groups excluding carboxylic acids is 2. The number of pyridine rings is 1. The second-order valence-corrected chi connectivity index (χ2v) is 7.18. The lowest BCUT2D eigenvalue weighted by molar-refractivity contribution is -0.122. The standard InChI is InChI=1S/C19H21N3O2S/c1-5-8-21-18(23)16(25-19(21)24)11-15-10-13(3)22(14(15)4)17-9-12(2)6-7-20-17/h6-7,9-11H,5,8H2,1-4H3/b16-11+. The molecule has 3 heterocycles. The van der Waals surface area contributed by atoms with Crippen LogP contribution in [-0.2, 0) is 4.79 Å². The molecular formula is C19H21N3O2S. The Hall–Kier alpha value is -2.34. The van der Waals surface area contributed by atoms with Crippen molar-refractivity contribution >= 4 is 29.0 Å². The minimum atomic E-state index is -0.199. The van der Waals surface area contributed by atoms with Crippen molar-refractivity contribution < 1.29 is 9.59 Å². The van der Waals surface area contributed by atoms with Gasteiger partial charge in [-0.2, -0.15) is 0 Å². The molecule has 1 fully saturated rings. The quantitative estimate of drug-likeness (QED) is 0.770. The zero-order chi connectivity index (χ0) is 18.1. The summed E-state index contributed by atoms with van der Waals surface area (Å²) in [7, 11) is 0. The molecule has 0 N–H and O–H groups in total. The fourth-order valence-electron chi connectivity index (χ4n) is 2.99. The summed E-state index contributed by atoms with van der Waals surface area (Å²) in [6.07, 6.45) is 4.37. The van der Waals surface area contributed by atoms with E-state index in [1.807, 2.05) is 52.0 Å². The molecule has 2 aromatic heterocycles. The van der Waals surface area contributed by atoms with E-state index in [-0.39, 0.29) is 11.1 Å². The second-order valence-electron chi connectivity index (χ2n) is 6.19. The third-order valence-corrected chi connectivity index (χ3v) is 5.12. The van der Waals surface area contributed by atoms with E-state index >= 15 is 0 Å². The van der Waals surface area contributed by atoms with Crippen LogP contribution in [0, 0.1) is 20.8 Å². The number of nitrogens with zero attached hydrogens (tertiary/aromatic N) is 3. The van der Waals surface area contributed by atoms with E-state index in [4.69, 9.17) is 0 Å². The van der Waals surface area contributed by atoms with Gasteiger partial charge < -0.3 is 4.57 Å². The van der Waals surface area contributed by atoms with E-state index in [1.165, 1.54) is 4.90 Å². The Labute approximate surface area is 151 Å². The number of aryl methyl sites for hydroxylation is 2. The molecule has 0 aliphatic carbocycles. The molecule has 2 aromatic rings. The smallest absolute Gasteiger partial charge is 0.293 e. The van der Waals surface area contributed by atoms with Crippen LogP contribution in [0.25, 0.3) is 11.9 Å². The van der Waals surface area contributed by atoms with Crippen LogP contribution >= 0.6 is 11.8 Å². The highest BCUT2D eigenvalue weighted by Gasteiger charge is 2.34. The number of imide groups is 1. The lowest BCUT2D eigenvalue weighted by Crippen LogP contribution is -2.28. The van der Waals surface area contributed by atoms with Gasteiger partial charge in [0.1, 0.15) is 5.82 Å². The minimum absolute atomic E-state index is 0.188. The first-order valence-electron chi connectivity index (χ1n) is 8.29. The highest BCUT2D eigenvalue weighted by Crippen LogP contribution is 2.33. The van der Waals surface area contributed by atoms with E-state index in [2.05, 4.69) is 9.55 Å². The van der Waals surface area contributed by atoms with Crippen molar-refractivity contribution in [1.82, 2.24) is 14.5 Å². The van der Waals surface area contributed by atoms with E-state index in [0.717, 1.165) is 46.5 Å². The number of thioether (sulfide) groups is 1. The summed E-state index contributed by atoms with van der Waals surface area (Å²) < 4.78 is 2.06. The number of carbonyl (C=O) groups is 2. The molecule has 130 valence electrons. The van der Waals surface area contributed by atoms with Crippen LogP contribution in [0.3, 0.4) is 0 Å². The summed E-state index contributed by atoms with van der Waals surface area (Å²) in [6.45, 7) is 8.46. The van der Waals surface area contributed by atoms with Crippen molar-refractivity contribution in [2.45, 2.75) is 34.1 Å². The summed E-state index contributed by atoms with van der Waals surface area (Å²) in [4.78, 5) is 30.7. The molecule has 0 atom stereocenters. The molecule has 2 amide bonds. The van der Waals surface area contributed by atoms with Gasteiger partial charge in [-0.15, -0.1) is 0 Å². The average molecular weight is 355 g/mol. The fourth-order valence-corrected chi connectivity index (χ4v) is 3.84. The third kappa shape index (κ3) is 3.26. The SMILES string of the molecule is CCCN1C(=O)S/C(=C/c2cc(C)n(-c3cc(C)ccn3)c2C)C1=O. The Morgan fingerprint density at radius 1 is 1.20 bits per heavy atom. The molecule has 0 aromatic carbocycles. The largest absolute Gasteiger partial charge is 0.303 e. The number of hydrogen-bond donors (Lipinski definition) is 0. The van der Waals surface area contributed by atoms with E-state index in [0.29, 0.717) is 11.4 Å². The van der Waals surface area contributed by atoms with Crippen molar-refractivity contribution in [3.8, 4) is 5.82 Å². The lowest BCUT2D eigenvalue weighted by atomic mass is 10.2. The van der Waals surface area contributed by atoms with Crippen LogP contribution in [0.4, 0.5) is 4.79 Å². The van der Waals surface area contributed by atoms with Crippen molar-refractivity contribution in [2.24, 2.45) is 0 Å². The molecule has 1 aliphatic heterocycles. The van der Waals surface area contributed by atoms with Crippen LogP contribution < -0.4 is 0 Å². The maximum atomic E-state index is 12.4. The van der Waals surface area contributed by atoms with Gasteiger partial charge in [0.25, 0.3) is 11.1 Å². The molecule has 5 nitrogen and oxygen atoms in total. The van der Waals surface area contributed by atoms with Gasteiger partial charge in [0.15, 0.2) is 0 Å². The van der Waals surface area contributed by atoms with Crippen molar-refractivity contribution in [2.75, 3.05) is 6.54 Å². The first-order valence-corrected chi connectivity index (χ1v) is 9.11. The topological polar surface area (TPSA) is 55.2 Å². The molecule has 0 bridgehead atoms. The van der Waals surface area contributed by atoms with Crippen molar-refractivity contribution in [1.29, 1.82) is 0 Å². The minimum Gasteiger partial charge on any atom is -0.303 e. The zero-order valence-corrected chi connectivity index (χ0v) is 15.7. The van der Waals surface area contributed by atoms with Crippen LogP contribution in [0.1, 0.15) is 35.9 Å². The lowest BCUT2D eigenvalue weighted by Gasteiger charge is -2.10. The number of hydrogen-bond acceptors (Lipinski definition) is 4. The number of amides is 2. The fraction of sp³-hybridized carbons (Fsp3) is 0.316. The number of aromatic nitrogens is 2. The van der Waals surface area contributed by atoms with Gasteiger partial charge in [0.05, 0.1) is 4.91 Å². The van der Waals surface area contributed by atoms with Gasteiger partial charge in [-0.3, -0.25) is 14.5 Å². The Morgan fingerprint density at radius 3 is 2.64 bits per heavy atom. The molecule has 1 aliphatic rings. The van der Waals surface area contributed by atoms with Gasteiger partial charge in [-0.05, 0) is 74.4 Å². The summed E-state index contributed by atoms with van der Waals surface area (Å²) in [6, 6.07) is 6.01. The molecule has 0 radical (unpaired) electrons. The summed E-state index contributed by atoms with van der Waals surface area (Å²) in [5, 5.41) is -0.188. The zero-order valence-electron chi connectivity index (χ0n) is 14.9. The molecule has 3 rings (SSSR count). The van der Waals surface area contributed by atoms with Gasteiger partial charge in [-0.1, -0.05) is 6.92 Å². The van der Waals surface area contributed by atoms with E-state index < -0.39 is 0 Å². The molecule has 0 saturated carbocycles. The molecule has 6 heteroatoms. The van der Waals surface area contributed by atoms with Crippen LogP contribution in [0.2, 0.25) is 0 Å². The number of rotatable bonds is 4. The van der Waals surface area contributed by atoms with E-state index in [1.54, 1.807) is 6.20 Å². The first kappa shape index (κ1) is 17.5. The van der Waals surface area contributed by atoms with Crippen LogP contribution in [0.5, 0.6) is 0 Å². The Bertz CT molecular complexity index is 883. The van der Waals surface area contributed by atoms with Gasteiger partial charge in [0, 0.05) is 24.1 Å². The van der Waals surface area contributed by atoms with Gasteiger partial charge in [0.2, 0.25) is 0 Å². The van der Waals surface area contributed by atoms with Crippen LogP contribution in [-0.4, -0.2) is 32.1 Å². The molecular weight excluding hydrogens is 334 g/mol. The van der Waals surface area contributed by atoms with E-state index in [9.17, 15) is 9.59 Å². The van der Waals surface area contributed by atoms with Gasteiger partial charge in [-0.25, -0.2) is 4.98 Å². The molecule has 25 heavy (non-hydrogen) atoms. The Kier molecular flexibility index (Phi) is 4.81. The predicted molar refractivity (Wildman–Crippen MR) is 101 cm³/mol. The predicted octanol–water partition coefficient (Wildman–Crippen LogP) is 4.24. The van der Waals surface area contributed by atoms with Crippen molar-refractivity contribution in [3.05, 3.63) is 51.8 Å².